The molecule has 1 aromatic heterocycles. The van der Waals surface area contributed by atoms with E-state index in [1.54, 1.807) is 0 Å². The fraction of sp³-hybridized carbons (Fsp3) is 0.211. The first-order valence-corrected chi connectivity index (χ1v) is 8.23. The first kappa shape index (κ1) is 14.5. The van der Waals surface area contributed by atoms with E-state index in [-0.39, 0.29) is 0 Å². The Morgan fingerprint density at radius 1 is 1.00 bits per heavy atom. The number of nitrogens with zero attached hydrogens (tertiary/aromatic N) is 2. The van der Waals surface area contributed by atoms with E-state index in [1.165, 1.54) is 16.8 Å². The molecule has 23 heavy (non-hydrogen) atoms. The van der Waals surface area contributed by atoms with Crippen molar-refractivity contribution in [3.05, 3.63) is 64.9 Å². The Kier molecular flexibility index (Phi) is 3.68. The van der Waals surface area contributed by atoms with Gasteiger partial charge < -0.3 is 9.88 Å². The van der Waals surface area contributed by atoms with Crippen molar-refractivity contribution in [2.45, 2.75) is 20.0 Å². The van der Waals surface area contributed by atoms with Crippen molar-refractivity contribution >= 4 is 11.6 Å². The summed E-state index contributed by atoms with van der Waals surface area (Å²) < 4.78 is 2.34. The normalized spacial score (nSPS) is 13.8. The van der Waals surface area contributed by atoms with Crippen molar-refractivity contribution in [1.29, 1.82) is 0 Å². The van der Waals surface area contributed by atoms with E-state index in [9.17, 15) is 0 Å². The van der Waals surface area contributed by atoms with Crippen LogP contribution in [0.4, 0.5) is 0 Å². The maximum absolute atomic E-state index is 6.04. The second kappa shape index (κ2) is 5.84. The van der Waals surface area contributed by atoms with E-state index < -0.39 is 0 Å². The van der Waals surface area contributed by atoms with E-state index >= 15 is 0 Å². The summed E-state index contributed by atoms with van der Waals surface area (Å²) in [4.78, 5) is 4.91. The highest BCUT2D eigenvalue weighted by atomic mass is 35.5. The molecule has 0 atom stereocenters. The minimum Gasteiger partial charge on any atom is -0.325 e. The summed E-state index contributed by atoms with van der Waals surface area (Å²) in [5.41, 5.74) is 5.81. The van der Waals surface area contributed by atoms with E-state index in [0.29, 0.717) is 0 Å². The van der Waals surface area contributed by atoms with Gasteiger partial charge in [0.25, 0.3) is 0 Å². The molecule has 0 spiro atoms. The summed E-state index contributed by atoms with van der Waals surface area (Å²) in [5.74, 6) is 1.09. The van der Waals surface area contributed by atoms with Crippen molar-refractivity contribution in [3.8, 4) is 22.5 Å². The zero-order valence-corrected chi connectivity index (χ0v) is 13.8. The second-order valence-electron chi connectivity index (χ2n) is 5.93. The lowest BCUT2D eigenvalue weighted by molar-refractivity contribution is 0.508. The third kappa shape index (κ3) is 2.67. The van der Waals surface area contributed by atoms with Crippen molar-refractivity contribution in [1.82, 2.24) is 14.9 Å². The third-order valence-corrected chi connectivity index (χ3v) is 4.54. The molecule has 0 saturated heterocycles. The molecule has 1 aliphatic rings. The number of halogens is 1. The summed E-state index contributed by atoms with van der Waals surface area (Å²) in [5, 5.41) is 4.14. The molecule has 4 heteroatoms. The van der Waals surface area contributed by atoms with Gasteiger partial charge in [0.15, 0.2) is 0 Å². The molecule has 116 valence electrons. The minimum atomic E-state index is 0.747. The topological polar surface area (TPSA) is 29.9 Å². The fourth-order valence-electron chi connectivity index (χ4n) is 3.08. The molecule has 0 aliphatic carbocycles. The number of imidazole rings is 1. The van der Waals surface area contributed by atoms with Gasteiger partial charge in [-0.25, -0.2) is 4.98 Å². The molecule has 1 N–H and O–H groups in total. The zero-order valence-electron chi connectivity index (χ0n) is 13.0. The number of rotatable bonds is 2. The minimum absolute atomic E-state index is 0.747. The lowest BCUT2D eigenvalue weighted by Crippen LogP contribution is -2.28. The van der Waals surface area contributed by atoms with Gasteiger partial charge in [-0.3, -0.25) is 0 Å². The Bertz CT molecular complexity index is 832. The molecule has 2 heterocycles. The second-order valence-corrected chi connectivity index (χ2v) is 6.36. The number of nitrogens with one attached hydrogen (secondary N) is 1. The molecule has 0 saturated carbocycles. The van der Waals surface area contributed by atoms with E-state index in [2.05, 4.69) is 41.1 Å². The predicted octanol–water partition coefficient (Wildman–Crippen LogP) is 4.28. The van der Waals surface area contributed by atoms with Crippen molar-refractivity contribution in [2.75, 3.05) is 6.54 Å². The largest absolute Gasteiger partial charge is 0.325 e. The average molecular weight is 324 g/mol. The van der Waals surface area contributed by atoms with Crippen LogP contribution in [0.5, 0.6) is 0 Å². The maximum atomic E-state index is 6.04. The standard InChI is InChI=1S/C19H18ClN3/c1-13-2-4-15(5-3-13)19-18(14-6-8-16(20)9-7-14)22-17-12-21-10-11-23(17)19/h2-9,21H,10-12H2,1H3. The van der Waals surface area contributed by atoms with Gasteiger partial charge in [-0.15, -0.1) is 0 Å². The van der Waals surface area contributed by atoms with Gasteiger partial charge in [0.1, 0.15) is 5.82 Å². The van der Waals surface area contributed by atoms with E-state index in [4.69, 9.17) is 16.6 Å². The Hall–Kier alpha value is -2.10. The van der Waals surface area contributed by atoms with Gasteiger partial charge >= 0.3 is 0 Å². The van der Waals surface area contributed by atoms with Crippen LogP contribution in [0.15, 0.2) is 48.5 Å². The number of fused-ring (bicyclic) bond motifs is 1. The van der Waals surface area contributed by atoms with Crippen molar-refractivity contribution < 1.29 is 0 Å². The molecule has 0 radical (unpaired) electrons. The van der Waals surface area contributed by atoms with Crippen LogP contribution in [0, 0.1) is 6.92 Å². The first-order valence-electron chi connectivity index (χ1n) is 7.85. The number of benzene rings is 2. The fourth-order valence-corrected chi connectivity index (χ4v) is 3.21. The molecular weight excluding hydrogens is 306 g/mol. The Morgan fingerprint density at radius 2 is 1.70 bits per heavy atom. The summed E-state index contributed by atoms with van der Waals surface area (Å²) >= 11 is 6.04. The molecule has 0 fully saturated rings. The van der Waals surface area contributed by atoms with E-state index in [1.807, 2.05) is 24.3 Å². The smallest absolute Gasteiger partial charge is 0.123 e. The Morgan fingerprint density at radius 3 is 2.43 bits per heavy atom. The van der Waals surface area contributed by atoms with Crippen molar-refractivity contribution in [3.63, 3.8) is 0 Å². The zero-order chi connectivity index (χ0) is 15.8. The Labute approximate surface area is 140 Å². The van der Waals surface area contributed by atoms with Crippen molar-refractivity contribution in [2.24, 2.45) is 0 Å². The highest BCUT2D eigenvalue weighted by Crippen LogP contribution is 2.34. The molecule has 1 aliphatic heterocycles. The van der Waals surface area contributed by atoms with Crippen LogP contribution in [0.25, 0.3) is 22.5 Å². The van der Waals surface area contributed by atoms with Crippen LogP contribution in [0.2, 0.25) is 5.02 Å². The lowest BCUT2D eigenvalue weighted by atomic mass is 10.0. The van der Waals surface area contributed by atoms with Crippen LogP contribution in [-0.4, -0.2) is 16.1 Å². The van der Waals surface area contributed by atoms with Crippen LogP contribution < -0.4 is 5.32 Å². The summed E-state index contributed by atoms with van der Waals surface area (Å²) in [6.07, 6.45) is 0. The van der Waals surface area contributed by atoms with Gasteiger partial charge in [-0.1, -0.05) is 53.6 Å². The molecular formula is C19H18ClN3. The van der Waals surface area contributed by atoms with E-state index in [0.717, 1.165) is 41.7 Å². The summed E-state index contributed by atoms with van der Waals surface area (Å²) in [6.45, 7) is 4.84. The SMILES string of the molecule is Cc1ccc(-c2c(-c3ccc(Cl)cc3)nc3n2CCNC3)cc1. The van der Waals surface area contributed by atoms with Crippen LogP contribution >= 0.6 is 11.6 Å². The third-order valence-electron chi connectivity index (χ3n) is 4.28. The molecule has 0 bridgehead atoms. The van der Waals surface area contributed by atoms with Crippen LogP contribution in [-0.2, 0) is 13.1 Å². The number of aromatic nitrogens is 2. The number of aryl methyl sites for hydroxylation is 1. The summed E-state index contributed by atoms with van der Waals surface area (Å²) in [6, 6.07) is 16.6. The molecule has 4 rings (SSSR count). The molecule has 2 aromatic carbocycles. The molecule has 0 amide bonds. The average Bonchev–Trinajstić information content (AvgIpc) is 2.96. The van der Waals surface area contributed by atoms with Crippen LogP contribution in [0.1, 0.15) is 11.4 Å². The van der Waals surface area contributed by atoms with Gasteiger partial charge in [0.2, 0.25) is 0 Å². The first-order chi connectivity index (χ1) is 11.2. The quantitative estimate of drug-likeness (QED) is 0.762. The monoisotopic (exact) mass is 323 g/mol. The maximum Gasteiger partial charge on any atom is 0.123 e. The molecule has 0 unspecified atom stereocenters. The van der Waals surface area contributed by atoms with Gasteiger partial charge in [-0.05, 0) is 19.1 Å². The highest BCUT2D eigenvalue weighted by Gasteiger charge is 2.21. The number of hydrogen-bond acceptors (Lipinski definition) is 2. The highest BCUT2D eigenvalue weighted by molar-refractivity contribution is 6.30. The predicted molar refractivity (Wildman–Crippen MR) is 94.6 cm³/mol. The molecule has 3 nitrogen and oxygen atoms in total. The number of hydrogen-bond donors (Lipinski definition) is 1. The van der Waals surface area contributed by atoms with Gasteiger partial charge in [-0.2, -0.15) is 0 Å². The van der Waals surface area contributed by atoms with Gasteiger partial charge in [0.05, 0.1) is 17.9 Å². The Balaban J connectivity index is 1.93. The van der Waals surface area contributed by atoms with Crippen LogP contribution in [0.3, 0.4) is 0 Å². The summed E-state index contributed by atoms with van der Waals surface area (Å²) in [7, 11) is 0. The molecule has 3 aromatic rings. The van der Waals surface area contributed by atoms with Gasteiger partial charge in [0, 0.05) is 29.2 Å². The lowest BCUT2D eigenvalue weighted by Gasteiger charge is -2.18.